The summed E-state index contributed by atoms with van der Waals surface area (Å²) in [6.45, 7) is 0. The second-order valence-corrected chi connectivity index (χ2v) is 6.99. The molecule has 1 aliphatic heterocycles. The van der Waals surface area contributed by atoms with Crippen LogP contribution in [0, 0.1) is 23.0 Å². The van der Waals surface area contributed by atoms with Crippen molar-refractivity contribution >= 4 is 22.7 Å². The number of thioether (sulfide) groups is 1. The Morgan fingerprint density at radius 3 is 2.75 bits per heavy atom. The van der Waals surface area contributed by atoms with Crippen LogP contribution in [0.1, 0.15) is 30.6 Å². The number of fused-ring (bicyclic) bond motifs is 2. The molecule has 8 heteroatoms. The summed E-state index contributed by atoms with van der Waals surface area (Å²) >= 11 is 1.08. The maximum Gasteiger partial charge on any atom is 0.202 e. The fourth-order valence-corrected chi connectivity index (χ4v) is 4.41. The summed E-state index contributed by atoms with van der Waals surface area (Å²) in [4.78, 5) is 12.8. The Bertz CT molecular complexity index is 978. The highest BCUT2D eigenvalue weighted by molar-refractivity contribution is 8.00. The van der Waals surface area contributed by atoms with Crippen LogP contribution in [-0.4, -0.2) is 22.0 Å². The number of rotatable bonds is 2. The molecule has 1 aliphatic carbocycles. The zero-order valence-electron chi connectivity index (χ0n) is 12.5. The van der Waals surface area contributed by atoms with Crippen molar-refractivity contribution in [1.82, 2.24) is 4.57 Å². The number of pyridine rings is 1. The Kier molecular flexibility index (Phi) is 3.34. The molecule has 4 rings (SSSR count). The number of hydrogen-bond donors (Lipinski definition) is 1. The summed E-state index contributed by atoms with van der Waals surface area (Å²) in [5.74, 6) is -2.66. The van der Waals surface area contributed by atoms with Gasteiger partial charge in [-0.05, 0) is 18.9 Å². The topological polar surface area (TPSA) is 75.2 Å². The van der Waals surface area contributed by atoms with Crippen molar-refractivity contribution in [3.63, 3.8) is 0 Å². The minimum absolute atomic E-state index is 0.0118. The molecule has 2 heterocycles. The second kappa shape index (κ2) is 5.19. The Hall–Kier alpha value is -2.11. The lowest BCUT2D eigenvalue weighted by atomic mass is 10.0. The predicted molar refractivity (Wildman–Crippen MR) is 83.2 cm³/mol. The van der Waals surface area contributed by atoms with Crippen molar-refractivity contribution in [2.45, 2.75) is 35.3 Å². The molecule has 0 bridgehead atoms. The van der Waals surface area contributed by atoms with Gasteiger partial charge < -0.3 is 14.4 Å². The standard InChI is InChI=1S/C16H12F2N2O3S/c1-23-15-11(18)8(17)4-7-12(15)20(6-2-3-6)16-10(13(7)21)14(22)9(5-19)24-16/h4,6,9,14,22H,2-3H2,1H3. The summed E-state index contributed by atoms with van der Waals surface area (Å²) in [7, 11) is 1.21. The molecule has 2 aromatic rings. The van der Waals surface area contributed by atoms with Crippen LogP contribution in [0.5, 0.6) is 5.75 Å². The smallest absolute Gasteiger partial charge is 0.202 e. The predicted octanol–water partition coefficient (Wildman–Crippen LogP) is 2.65. The Morgan fingerprint density at radius 1 is 1.46 bits per heavy atom. The van der Waals surface area contributed by atoms with E-state index in [2.05, 4.69) is 0 Å². The molecule has 1 saturated carbocycles. The highest BCUT2D eigenvalue weighted by atomic mass is 32.2. The zero-order chi connectivity index (χ0) is 17.2. The van der Waals surface area contributed by atoms with Crippen LogP contribution in [0.25, 0.3) is 10.9 Å². The number of aliphatic hydroxyl groups is 1. The highest BCUT2D eigenvalue weighted by Gasteiger charge is 2.41. The van der Waals surface area contributed by atoms with Gasteiger partial charge in [0.1, 0.15) is 11.4 Å². The van der Waals surface area contributed by atoms with Gasteiger partial charge in [0.2, 0.25) is 5.82 Å². The van der Waals surface area contributed by atoms with Gasteiger partial charge in [-0.2, -0.15) is 9.65 Å². The van der Waals surface area contributed by atoms with Crippen LogP contribution < -0.4 is 10.2 Å². The summed E-state index contributed by atoms with van der Waals surface area (Å²) in [6.07, 6.45) is 0.386. The molecule has 1 aromatic carbocycles. The average Bonchev–Trinajstić information content (AvgIpc) is 3.34. The van der Waals surface area contributed by atoms with Gasteiger partial charge in [-0.15, -0.1) is 0 Å². The van der Waals surface area contributed by atoms with Crippen molar-refractivity contribution in [3.05, 3.63) is 33.5 Å². The molecule has 5 nitrogen and oxygen atoms in total. The molecule has 24 heavy (non-hydrogen) atoms. The zero-order valence-corrected chi connectivity index (χ0v) is 13.4. The first kappa shape index (κ1) is 15.4. The number of nitrogens with zero attached hydrogens (tertiary/aromatic N) is 2. The normalized spacial score (nSPS) is 22.5. The van der Waals surface area contributed by atoms with E-state index in [0.717, 1.165) is 30.7 Å². The van der Waals surface area contributed by atoms with E-state index in [9.17, 15) is 23.9 Å². The quantitative estimate of drug-likeness (QED) is 0.901. The minimum atomic E-state index is -1.25. The fraction of sp³-hybridized carbons (Fsp3) is 0.375. The van der Waals surface area contributed by atoms with E-state index in [1.165, 1.54) is 7.11 Å². The lowest BCUT2D eigenvalue weighted by Crippen LogP contribution is -2.20. The third-order valence-electron chi connectivity index (χ3n) is 4.39. The molecule has 0 saturated heterocycles. The first-order valence-corrected chi connectivity index (χ1v) is 8.26. The number of benzene rings is 1. The van der Waals surface area contributed by atoms with Crippen molar-refractivity contribution in [1.29, 1.82) is 5.26 Å². The number of aliphatic hydroxyl groups excluding tert-OH is 1. The lowest BCUT2D eigenvalue weighted by molar-refractivity contribution is 0.188. The molecule has 1 fully saturated rings. The molecular formula is C16H12F2N2O3S. The number of methoxy groups -OCH3 is 1. The van der Waals surface area contributed by atoms with Gasteiger partial charge in [-0.3, -0.25) is 4.79 Å². The maximum absolute atomic E-state index is 14.2. The van der Waals surface area contributed by atoms with Gasteiger partial charge in [0.05, 0.1) is 34.7 Å². The molecule has 124 valence electrons. The van der Waals surface area contributed by atoms with Crippen LogP contribution in [0.15, 0.2) is 15.9 Å². The van der Waals surface area contributed by atoms with Gasteiger partial charge >= 0.3 is 0 Å². The summed E-state index contributed by atoms with van der Waals surface area (Å²) < 4.78 is 34.8. The van der Waals surface area contributed by atoms with Crippen molar-refractivity contribution in [2.24, 2.45) is 0 Å². The van der Waals surface area contributed by atoms with Gasteiger partial charge in [0.25, 0.3) is 0 Å². The Balaban J connectivity index is 2.20. The van der Waals surface area contributed by atoms with E-state index in [-0.39, 0.29) is 28.3 Å². The molecule has 2 unspecified atom stereocenters. The molecule has 2 aliphatic rings. The number of ether oxygens (including phenoxy) is 1. The lowest BCUT2D eigenvalue weighted by Gasteiger charge is -2.18. The van der Waals surface area contributed by atoms with E-state index in [4.69, 9.17) is 4.74 Å². The molecule has 0 radical (unpaired) electrons. The molecule has 0 spiro atoms. The summed E-state index contributed by atoms with van der Waals surface area (Å²) in [5.41, 5.74) is -0.327. The molecule has 2 atom stereocenters. The largest absolute Gasteiger partial charge is 0.491 e. The average molecular weight is 350 g/mol. The molecule has 0 amide bonds. The Labute approximate surface area is 139 Å². The van der Waals surface area contributed by atoms with E-state index in [1.54, 1.807) is 4.57 Å². The van der Waals surface area contributed by atoms with Crippen molar-refractivity contribution in [3.8, 4) is 11.8 Å². The first-order valence-electron chi connectivity index (χ1n) is 7.38. The van der Waals surface area contributed by atoms with Crippen LogP contribution in [0.4, 0.5) is 8.78 Å². The number of aromatic nitrogens is 1. The molecule has 1 N–H and O–H groups in total. The van der Waals surface area contributed by atoms with Crippen molar-refractivity contribution in [2.75, 3.05) is 7.11 Å². The van der Waals surface area contributed by atoms with Gasteiger partial charge in [0, 0.05) is 6.04 Å². The highest BCUT2D eigenvalue weighted by Crippen LogP contribution is 2.50. The maximum atomic E-state index is 14.2. The van der Waals surface area contributed by atoms with Crippen LogP contribution in [-0.2, 0) is 0 Å². The van der Waals surface area contributed by atoms with E-state index < -0.39 is 28.4 Å². The number of halogens is 2. The summed E-state index contributed by atoms with van der Waals surface area (Å²) in [5, 5.41) is 19.1. The monoisotopic (exact) mass is 350 g/mol. The summed E-state index contributed by atoms with van der Waals surface area (Å²) in [6, 6.07) is 2.81. The number of hydrogen-bond acceptors (Lipinski definition) is 5. The van der Waals surface area contributed by atoms with Crippen LogP contribution in [0.2, 0.25) is 0 Å². The molecule has 1 aromatic heterocycles. The van der Waals surface area contributed by atoms with Crippen LogP contribution in [0.3, 0.4) is 0 Å². The number of nitriles is 1. The fourth-order valence-electron chi connectivity index (χ4n) is 3.16. The van der Waals surface area contributed by atoms with Gasteiger partial charge in [-0.25, -0.2) is 4.39 Å². The van der Waals surface area contributed by atoms with Crippen LogP contribution >= 0.6 is 11.8 Å². The van der Waals surface area contributed by atoms with Gasteiger partial charge in [0.15, 0.2) is 17.0 Å². The first-order chi connectivity index (χ1) is 11.5. The third-order valence-corrected chi connectivity index (χ3v) is 5.65. The van der Waals surface area contributed by atoms with E-state index in [0.29, 0.717) is 5.03 Å². The molecular weight excluding hydrogens is 338 g/mol. The SMILES string of the molecule is COc1c(F)c(F)cc2c(=O)c3c(n(C4CC4)c12)SC(C#N)C3O. The minimum Gasteiger partial charge on any atom is -0.491 e. The second-order valence-electron chi connectivity index (χ2n) is 5.86. The third kappa shape index (κ3) is 1.91. The van der Waals surface area contributed by atoms with Gasteiger partial charge in [-0.1, -0.05) is 11.8 Å². The van der Waals surface area contributed by atoms with E-state index >= 15 is 0 Å². The Morgan fingerprint density at radius 2 is 2.17 bits per heavy atom. The van der Waals surface area contributed by atoms with Crippen molar-refractivity contribution < 1.29 is 18.6 Å². The van der Waals surface area contributed by atoms with E-state index in [1.807, 2.05) is 6.07 Å².